The number of carbonyl (C=O) groups is 1. The lowest BCUT2D eigenvalue weighted by molar-refractivity contribution is 0.0270. The highest BCUT2D eigenvalue weighted by molar-refractivity contribution is 5.90. The molecule has 0 radical (unpaired) electrons. The van der Waals surface area contributed by atoms with E-state index in [4.69, 9.17) is 14.9 Å². The number of aryl methyl sites for hydroxylation is 2. The Morgan fingerprint density at radius 3 is 2.58 bits per heavy atom. The zero-order valence-corrected chi connectivity index (χ0v) is 21.8. The van der Waals surface area contributed by atoms with Crippen molar-refractivity contribution in [3.8, 4) is 0 Å². The predicted octanol–water partition coefficient (Wildman–Crippen LogP) is 5.66. The van der Waals surface area contributed by atoms with Crippen LogP contribution in [0.1, 0.15) is 61.8 Å². The number of anilines is 2. The maximum atomic E-state index is 12.4. The van der Waals surface area contributed by atoms with E-state index in [9.17, 15) is 4.79 Å². The van der Waals surface area contributed by atoms with Crippen LogP contribution in [-0.2, 0) is 9.47 Å². The molecular formula is C28H35N5O3. The molecule has 1 aromatic heterocycles. The molecule has 3 heterocycles. The Bertz CT molecular complexity index is 1230. The first-order valence-electron chi connectivity index (χ1n) is 12.4. The number of aromatic nitrogens is 2. The molecule has 0 spiro atoms. The molecule has 2 aromatic rings. The summed E-state index contributed by atoms with van der Waals surface area (Å²) in [6.07, 6.45) is 6.78. The van der Waals surface area contributed by atoms with Crippen LogP contribution in [0.25, 0.3) is 11.1 Å². The van der Waals surface area contributed by atoms with Gasteiger partial charge in [0, 0.05) is 36.6 Å². The van der Waals surface area contributed by atoms with E-state index in [1.165, 1.54) is 11.8 Å². The van der Waals surface area contributed by atoms with Gasteiger partial charge in [-0.2, -0.15) is 0 Å². The standard InChI is InChI=1S/C28H35N5O3/c1-18-14-22(17-29)24(15-23(18)20-8-12-35-13-9-20)32-26-16-25(30-19(2)31-26)21-6-10-33(11-7-21)27(34)36-28(3,4)5/h6,8,14-17,29H,7,9-13H2,1-5H3,(H,30,31,32). The Balaban J connectivity index is 1.57. The largest absolute Gasteiger partial charge is 0.444 e. The summed E-state index contributed by atoms with van der Waals surface area (Å²) in [5.41, 5.74) is 6.58. The van der Waals surface area contributed by atoms with Gasteiger partial charge < -0.3 is 25.1 Å². The van der Waals surface area contributed by atoms with E-state index >= 15 is 0 Å². The minimum Gasteiger partial charge on any atom is -0.444 e. The van der Waals surface area contributed by atoms with E-state index < -0.39 is 5.60 Å². The first-order chi connectivity index (χ1) is 17.1. The lowest BCUT2D eigenvalue weighted by Gasteiger charge is -2.29. The van der Waals surface area contributed by atoms with E-state index in [1.807, 2.05) is 45.9 Å². The van der Waals surface area contributed by atoms with Crippen molar-refractivity contribution in [1.82, 2.24) is 14.9 Å². The molecule has 2 aliphatic rings. The van der Waals surface area contributed by atoms with Gasteiger partial charge in [-0.1, -0.05) is 12.2 Å². The fourth-order valence-corrected chi connectivity index (χ4v) is 4.40. The summed E-state index contributed by atoms with van der Waals surface area (Å²) >= 11 is 0. The summed E-state index contributed by atoms with van der Waals surface area (Å²) in [7, 11) is 0. The van der Waals surface area contributed by atoms with Crippen LogP contribution in [-0.4, -0.2) is 59.1 Å². The zero-order chi connectivity index (χ0) is 25.9. The Hall–Kier alpha value is -3.52. The molecule has 0 aliphatic carbocycles. The van der Waals surface area contributed by atoms with Gasteiger partial charge in [0.2, 0.25) is 0 Å². The first kappa shape index (κ1) is 25.6. The highest BCUT2D eigenvalue weighted by Crippen LogP contribution is 2.31. The number of amides is 1. The van der Waals surface area contributed by atoms with Gasteiger partial charge >= 0.3 is 6.09 Å². The lowest BCUT2D eigenvalue weighted by Crippen LogP contribution is -2.39. The third-order valence-electron chi connectivity index (χ3n) is 6.15. The Labute approximate surface area is 212 Å². The van der Waals surface area contributed by atoms with E-state index in [2.05, 4.69) is 34.4 Å². The van der Waals surface area contributed by atoms with Crippen molar-refractivity contribution >= 4 is 35.0 Å². The number of ether oxygens (including phenoxy) is 2. The molecule has 2 N–H and O–H groups in total. The number of hydrogen-bond acceptors (Lipinski definition) is 7. The second-order valence-electron chi connectivity index (χ2n) is 10.2. The summed E-state index contributed by atoms with van der Waals surface area (Å²) in [6, 6.07) is 6.07. The Morgan fingerprint density at radius 1 is 1.14 bits per heavy atom. The van der Waals surface area contributed by atoms with Crippen molar-refractivity contribution in [2.24, 2.45) is 0 Å². The molecule has 1 amide bonds. The number of carbonyl (C=O) groups excluding carboxylic acids is 1. The molecule has 1 aromatic carbocycles. The molecule has 8 nitrogen and oxygen atoms in total. The molecule has 0 saturated carbocycles. The van der Waals surface area contributed by atoms with Crippen LogP contribution in [0.3, 0.4) is 0 Å². The first-order valence-corrected chi connectivity index (χ1v) is 12.4. The molecule has 0 saturated heterocycles. The number of benzene rings is 1. The molecule has 0 bridgehead atoms. The third kappa shape index (κ3) is 6.18. The van der Waals surface area contributed by atoms with Crippen LogP contribution < -0.4 is 5.32 Å². The molecule has 36 heavy (non-hydrogen) atoms. The molecule has 2 aliphatic heterocycles. The van der Waals surface area contributed by atoms with E-state index in [1.54, 1.807) is 4.90 Å². The summed E-state index contributed by atoms with van der Waals surface area (Å²) < 4.78 is 11.0. The SMILES string of the molecule is Cc1nc(Nc2cc(C3=CCOCC3)c(C)cc2C=N)cc(C2=CCN(C(=O)OC(C)(C)C)CC2)n1. The molecule has 0 atom stereocenters. The van der Waals surface area contributed by atoms with Crippen LogP contribution in [0.4, 0.5) is 16.3 Å². The number of nitrogens with one attached hydrogen (secondary N) is 2. The average Bonchev–Trinajstić information content (AvgIpc) is 2.84. The predicted molar refractivity (Wildman–Crippen MR) is 143 cm³/mol. The maximum Gasteiger partial charge on any atom is 0.410 e. The zero-order valence-electron chi connectivity index (χ0n) is 21.8. The quantitative estimate of drug-likeness (QED) is 0.526. The monoisotopic (exact) mass is 489 g/mol. The van der Waals surface area contributed by atoms with Crippen molar-refractivity contribution in [3.63, 3.8) is 0 Å². The van der Waals surface area contributed by atoms with Gasteiger partial charge in [0.1, 0.15) is 17.2 Å². The number of hydrogen-bond donors (Lipinski definition) is 2. The van der Waals surface area contributed by atoms with E-state index in [0.29, 0.717) is 37.8 Å². The molecule has 4 rings (SSSR count). The fraction of sp³-hybridized carbons (Fsp3) is 0.429. The Kier molecular flexibility index (Phi) is 7.54. The molecule has 0 unspecified atom stereocenters. The summed E-state index contributed by atoms with van der Waals surface area (Å²) in [6.45, 7) is 12.0. The van der Waals surface area contributed by atoms with Gasteiger partial charge in [-0.05, 0) is 81.9 Å². The van der Waals surface area contributed by atoms with Gasteiger partial charge in [0.05, 0.1) is 18.9 Å². The lowest BCUT2D eigenvalue weighted by atomic mass is 9.94. The number of nitrogens with zero attached hydrogens (tertiary/aromatic N) is 3. The second kappa shape index (κ2) is 10.6. The number of rotatable bonds is 5. The molecule has 190 valence electrons. The topological polar surface area (TPSA) is 100 Å². The summed E-state index contributed by atoms with van der Waals surface area (Å²) in [4.78, 5) is 23.4. The minimum atomic E-state index is -0.516. The van der Waals surface area contributed by atoms with Crippen molar-refractivity contribution < 1.29 is 14.3 Å². The fourth-order valence-electron chi connectivity index (χ4n) is 4.40. The average molecular weight is 490 g/mol. The van der Waals surface area contributed by atoms with Gasteiger partial charge in [-0.3, -0.25) is 0 Å². The highest BCUT2D eigenvalue weighted by Gasteiger charge is 2.24. The normalized spacial score (nSPS) is 16.2. The van der Waals surface area contributed by atoms with Gasteiger partial charge in [-0.25, -0.2) is 14.8 Å². The van der Waals surface area contributed by atoms with Crippen LogP contribution in [0, 0.1) is 19.3 Å². The van der Waals surface area contributed by atoms with Crippen LogP contribution in [0.2, 0.25) is 0 Å². The Morgan fingerprint density at radius 2 is 1.94 bits per heavy atom. The van der Waals surface area contributed by atoms with Crippen LogP contribution in [0.5, 0.6) is 0 Å². The molecular weight excluding hydrogens is 454 g/mol. The van der Waals surface area contributed by atoms with Gasteiger partial charge in [0.25, 0.3) is 0 Å². The van der Waals surface area contributed by atoms with Gasteiger partial charge in [0.15, 0.2) is 0 Å². The molecule has 0 fully saturated rings. The summed E-state index contributed by atoms with van der Waals surface area (Å²) in [5.74, 6) is 1.33. The second-order valence-corrected chi connectivity index (χ2v) is 10.2. The molecule has 8 heteroatoms. The van der Waals surface area contributed by atoms with Crippen molar-refractivity contribution in [1.29, 1.82) is 5.41 Å². The maximum absolute atomic E-state index is 12.4. The van der Waals surface area contributed by atoms with Crippen molar-refractivity contribution in [2.75, 3.05) is 31.6 Å². The summed E-state index contributed by atoms with van der Waals surface area (Å²) in [5, 5.41) is 11.4. The minimum absolute atomic E-state index is 0.298. The van der Waals surface area contributed by atoms with E-state index in [0.717, 1.165) is 46.7 Å². The van der Waals surface area contributed by atoms with Crippen LogP contribution in [0.15, 0.2) is 30.4 Å². The van der Waals surface area contributed by atoms with Crippen molar-refractivity contribution in [3.05, 3.63) is 58.6 Å². The third-order valence-corrected chi connectivity index (χ3v) is 6.15. The smallest absolute Gasteiger partial charge is 0.410 e. The van der Waals surface area contributed by atoms with Crippen molar-refractivity contribution in [2.45, 2.75) is 53.1 Å². The van der Waals surface area contributed by atoms with E-state index in [-0.39, 0.29) is 6.09 Å². The highest BCUT2D eigenvalue weighted by atomic mass is 16.6. The van der Waals surface area contributed by atoms with Crippen LogP contribution >= 0.6 is 0 Å². The van der Waals surface area contributed by atoms with Gasteiger partial charge in [-0.15, -0.1) is 0 Å².